The quantitative estimate of drug-likeness (QED) is 0.314. The number of carboxylic acid groups (broad SMARTS) is 1. The smallest absolute Gasteiger partial charge is 0.408 e. The average molecular weight is 506 g/mol. The van der Waals surface area contributed by atoms with Crippen LogP contribution in [0.25, 0.3) is 16.9 Å². The molecule has 5 heterocycles. The van der Waals surface area contributed by atoms with Crippen molar-refractivity contribution in [2.45, 2.75) is 25.2 Å². The maximum Gasteiger partial charge on any atom is 0.408 e. The number of ether oxygens (including phenoxy) is 2. The first-order valence-electron chi connectivity index (χ1n) is 10.6. The Kier molecular flexibility index (Phi) is 5.86. The molecule has 14 heteroatoms. The van der Waals surface area contributed by atoms with Crippen molar-refractivity contribution < 1.29 is 36.9 Å². The van der Waals surface area contributed by atoms with Gasteiger partial charge in [-0.3, -0.25) is 13.9 Å². The fourth-order valence-corrected chi connectivity index (χ4v) is 4.43. The first kappa shape index (κ1) is 23.4. The fraction of sp³-hybridized carbons (Fsp3) is 0.273. The summed E-state index contributed by atoms with van der Waals surface area (Å²) in [6, 6.07) is 6.07. The summed E-state index contributed by atoms with van der Waals surface area (Å²) < 4.78 is 68.1. The van der Waals surface area contributed by atoms with Gasteiger partial charge in [0.25, 0.3) is 6.47 Å². The van der Waals surface area contributed by atoms with E-state index in [4.69, 9.17) is 19.4 Å². The number of carbonyl (C=O) groups is 1. The number of benzene rings is 1. The number of hydrogen-bond acceptors (Lipinski definition) is 7. The molecule has 1 atom stereocenters. The lowest BCUT2D eigenvalue weighted by atomic mass is 9.96. The van der Waals surface area contributed by atoms with Gasteiger partial charge >= 0.3 is 6.18 Å². The van der Waals surface area contributed by atoms with Crippen molar-refractivity contribution in [3.63, 3.8) is 0 Å². The fourth-order valence-electron chi connectivity index (χ4n) is 4.43. The molecule has 2 aliphatic rings. The van der Waals surface area contributed by atoms with E-state index in [1.54, 1.807) is 16.5 Å². The van der Waals surface area contributed by atoms with Crippen molar-refractivity contribution in [2.24, 2.45) is 0 Å². The number of nitrogens with zero attached hydrogens (tertiary/aromatic N) is 5. The molecule has 0 bridgehead atoms. The van der Waals surface area contributed by atoms with E-state index in [-0.39, 0.29) is 37.1 Å². The molecule has 1 aromatic carbocycles. The number of halogens is 4. The molecule has 36 heavy (non-hydrogen) atoms. The maximum atomic E-state index is 14.7. The Balaban J connectivity index is 0.000000848. The summed E-state index contributed by atoms with van der Waals surface area (Å²) in [5, 5.41) is 21.9. The molecule has 0 unspecified atom stereocenters. The highest BCUT2D eigenvalue weighted by atomic mass is 19.4. The molecule has 0 fully saturated rings. The van der Waals surface area contributed by atoms with Crippen LogP contribution in [0.3, 0.4) is 0 Å². The predicted molar refractivity (Wildman–Crippen MR) is 116 cm³/mol. The molecular weight excluding hydrogens is 488 g/mol. The van der Waals surface area contributed by atoms with Crippen molar-refractivity contribution >= 4 is 17.9 Å². The Bertz CT molecular complexity index is 1430. The Hall–Kier alpha value is -4.36. The molecule has 3 aromatic heterocycles. The van der Waals surface area contributed by atoms with Gasteiger partial charge < -0.3 is 19.9 Å². The lowest BCUT2D eigenvalue weighted by molar-refractivity contribution is -0.142. The highest BCUT2D eigenvalue weighted by Crippen LogP contribution is 2.42. The number of alkyl halides is 3. The molecule has 0 aliphatic carbocycles. The minimum absolute atomic E-state index is 0.157. The summed E-state index contributed by atoms with van der Waals surface area (Å²) >= 11 is 0. The minimum Gasteiger partial charge on any atom is -0.493 e. The summed E-state index contributed by atoms with van der Waals surface area (Å²) in [4.78, 5) is 8.36. The van der Waals surface area contributed by atoms with Gasteiger partial charge in [0.05, 0.1) is 24.8 Å². The number of aromatic nitrogens is 5. The van der Waals surface area contributed by atoms with Gasteiger partial charge in [0.2, 0.25) is 0 Å². The molecule has 4 aromatic rings. The summed E-state index contributed by atoms with van der Waals surface area (Å²) in [6.07, 6.45) is -1.72. The van der Waals surface area contributed by atoms with E-state index in [0.29, 0.717) is 40.7 Å². The molecule has 10 nitrogen and oxygen atoms in total. The maximum absolute atomic E-state index is 14.7. The zero-order valence-electron chi connectivity index (χ0n) is 18.4. The molecule has 6 rings (SSSR count). The first-order valence-corrected chi connectivity index (χ1v) is 10.6. The Morgan fingerprint density at radius 2 is 1.94 bits per heavy atom. The van der Waals surface area contributed by atoms with Crippen LogP contribution in [0.5, 0.6) is 11.5 Å². The molecule has 0 radical (unpaired) electrons. The monoisotopic (exact) mass is 506 g/mol. The Morgan fingerprint density at radius 3 is 2.69 bits per heavy atom. The summed E-state index contributed by atoms with van der Waals surface area (Å²) in [6.45, 7) is -0.791. The third-order valence-corrected chi connectivity index (χ3v) is 5.84. The van der Waals surface area contributed by atoms with E-state index >= 15 is 0 Å². The van der Waals surface area contributed by atoms with Crippen molar-refractivity contribution in [1.82, 2.24) is 24.4 Å². The van der Waals surface area contributed by atoms with Crippen molar-refractivity contribution in [3.05, 3.63) is 53.7 Å². The Morgan fingerprint density at radius 1 is 1.19 bits per heavy atom. The van der Waals surface area contributed by atoms with Gasteiger partial charge in [-0.15, -0.1) is 10.2 Å². The van der Waals surface area contributed by atoms with Crippen molar-refractivity contribution in [3.8, 4) is 22.8 Å². The number of nitrogens with one attached hydrogen (secondary N) is 1. The van der Waals surface area contributed by atoms with Gasteiger partial charge in [0, 0.05) is 29.4 Å². The van der Waals surface area contributed by atoms with Gasteiger partial charge in [0.1, 0.15) is 24.4 Å². The minimum atomic E-state index is -4.44. The molecule has 2 N–H and O–H groups in total. The molecule has 188 valence electrons. The van der Waals surface area contributed by atoms with Gasteiger partial charge in [-0.1, -0.05) is 0 Å². The van der Waals surface area contributed by atoms with Crippen LogP contribution in [0.4, 0.5) is 23.4 Å². The number of rotatable bonds is 2. The van der Waals surface area contributed by atoms with Crippen LogP contribution < -0.4 is 14.8 Å². The highest BCUT2D eigenvalue weighted by molar-refractivity contribution is 5.80. The number of pyridine rings is 1. The van der Waals surface area contributed by atoms with Gasteiger partial charge in [0.15, 0.2) is 17.2 Å². The third kappa shape index (κ3) is 4.14. The molecule has 0 amide bonds. The van der Waals surface area contributed by atoms with Crippen molar-refractivity contribution in [2.75, 3.05) is 18.5 Å². The van der Waals surface area contributed by atoms with Crippen LogP contribution in [-0.4, -0.2) is 55.3 Å². The van der Waals surface area contributed by atoms with Gasteiger partial charge in [-0.25, -0.2) is 4.39 Å². The number of anilines is 1. The molecular formula is C22H18F4N6O4. The lowest BCUT2D eigenvalue weighted by Crippen LogP contribution is -2.19. The van der Waals surface area contributed by atoms with Crippen LogP contribution in [0, 0.1) is 5.82 Å². The Labute approximate surface area is 200 Å². The third-order valence-electron chi connectivity index (χ3n) is 5.84. The normalized spacial score (nSPS) is 16.2. The van der Waals surface area contributed by atoms with Crippen LogP contribution in [-0.2, 0) is 17.9 Å². The molecule has 2 aliphatic heterocycles. The first-order chi connectivity index (χ1) is 17.3. The van der Waals surface area contributed by atoms with E-state index in [9.17, 15) is 17.6 Å². The molecule has 0 saturated carbocycles. The van der Waals surface area contributed by atoms with E-state index in [1.807, 2.05) is 0 Å². The van der Waals surface area contributed by atoms with Gasteiger partial charge in [-0.05, 0) is 24.3 Å². The standard InChI is InChI=1S/C21H16F4N6O2.CH2O2/c22-14-1-2-16-18-11(7-32-16)8-33-17-5-12(15-3-4-28-31(15)9-21(23,24)25)19-29-27-10-30(19)20(17)26-6-13(14)18;2-1-3/h1-5,10-11,26H,6-9H2;1H,(H,2,3)/t11-;/m1./s1. The largest absolute Gasteiger partial charge is 0.493 e. The second-order valence-electron chi connectivity index (χ2n) is 8.00. The molecule has 0 saturated heterocycles. The zero-order valence-corrected chi connectivity index (χ0v) is 18.4. The van der Waals surface area contributed by atoms with E-state index < -0.39 is 12.7 Å². The van der Waals surface area contributed by atoms with Crippen LogP contribution in [0.2, 0.25) is 0 Å². The van der Waals surface area contributed by atoms with Crippen LogP contribution >= 0.6 is 0 Å². The number of hydrogen-bond donors (Lipinski definition) is 2. The topological polar surface area (TPSA) is 116 Å². The summed E-state index contributed by atoms with van der Waals surface area (Å²) in [5.41, 5.74) is 2.16. The zero-order chi connectivity index (χ0) is 25.4. The summed E-state index contributed by atoms with van der Waals surface area (Å²) in [5.74, 6) is 0.929. The van der Waals surface area contributed by atoms with Crippen molar-refractivity contribution in [1.29, 1.82) is 0 Å². The summed E-state index contributed by atoms with van der Waals surface area (Å²) in [7, 11) is 0. The van der Waals surface area contributed by atoms with E-state index in [0.717, 1.165) is 10.2 Å². The van der Waals surface area contributed by atoms with Gasteiger partial charge in [-0.2, -0.15) is 18.3 Å². The second-order valence-corrected chi connectivity index (χ2v) is 8.00. The van der Waals surface area contributed by atoms with Crippen LogP contribution in [0.1, 0.15) is 17.0 Å². The average Bonchev–Trinajstić information content (AvgIpc) is 3.56. The van der Waals surface area contributed by atoms with E-state index in [2.05, 4.69) is 20.6 Å². The second kappa shape index (κ2) is 9.02. The SMILES string of the molecule is Fc1ccc2c3c1CNc1c(cc(-c4ccnn4CC(F)(F)F)c4nncn14)OC[C@H]3CO2.O=CO. The lowest BCUT2D eigenvalue weighted by Gasteiger charge is -2.17. The predicted octanol–water partition coefficient (Wildman–Crippen LogP) is 3.48. The highest BCUT2D eigenvalue weighted by Gasteiger charge is 2.33. The van der Waals surface area contributed by atoms with Crippen LogP contribution in [0.15, 0.2) is 36.8 Å². The molecule has 0 spiro atoms. The van der Waals surface area contributed by atoms with E-state index in [1.165, 1.54) is 24.7 Å². The number of fused-ring (bicyclic) bond motifs is 3.